The standard InChI is InChI=1S/C93H133N21O21S/c1-9-11-23-71-85(127)102-62(36-51(3)4)82(124)108-69(80(122)99-45-77(97)118)49-136-50-78(119)100-65(38-53-28-30-56(115)31-29-53)90(132)112-34-18-17-26-72(112)86(128)106-67(42-76(96)117)91(133)113-35-19-27-73(113)87(129)107-68(43-95)84(126)104-64(37-52(5)6)92(134)114-47-57(116)41-75(114)88(130)103-63(39-54-44-98-60-22-15-13-20-58(54)60)83(125)101-61(32-33-94)81(123)105-66(89(131)110(8)74(24-12-10-2)93(135)109(71)7)40-55-46-111(48-79(120)121)70-25-16-14-21-59(55)70/h13-16,20-22,25,28-31,44,46,51-52,57,61-69,71-75,98,115-116H,9-12,17-19,23-24,26-27,32-43,45,47-50,94-95H2,1-8H3,(H2,96,117)(H2,97,118)(H,99,122)(H,100,119)(H,101,125)(H,102,127)(H,103,130)(H,104,126)(H,105,123)(H,106,128)(H,107,129)(H,108,124)(H,120,121)/t57-,61+,62+,63+,64+,65+,66+,67+,68+,69+,71+,72+,73+,74-,75+/m1/s1. The quantitative estimate of drug-likeness (QED) is 0.0293. The molecule has 4 fully saturated rings. The number of aromatic amines is 1. The highest BCUT2D eigenvalue weighted by Crippen LogP contribution is 2.30. The number of carboxylic acids is 1. The fourth-order valence-corrected chi connectivity index (χ4v) is 18.7. The van der Waals surface area contributed by atoms with E-state index in [1.165, 1.54) is 58.9 Å². The molecule has 2 aromatic heterocycles. The minimum atomic E-state index is -1.74. The summed E-state index contributed by atoms with van der Waals surface area (Å²) < 4.78 is 1.44. The zero-order chi connectivity index (χ0) is 99.5. The van der Waals surface area contributed by atoms with Crippen molar-refractivity contribution in [3.05, 3.63) is 102 Å². The molecule has 5 aromatic rings. The number of carboxylic acid groups (broad SMARTS) is 1. The molecule has 0 bridgehead atoms. The summed E-state index contributed by atoms with van der Waals surface area (Å²) in [7, 11) is 2.71. The van der Waals surface area contributed by atoms with Crippen molar-refractivity contribution in [3.8, 4) is 5.75 Å². The number of phenolic OH excluding ortho intramolecular Hbond substituents is 1. The van der Waals surface area contributed by atoms with Crippen LogP contribution in [-0.4, -0.2) is 311 Å². The van der Waals surface area contributed by atoms with Crippen LogP contribution in [0.1, 0.15) is 161 Å². The summed E-state index contributed by atoms with van der Waals surface area (Å²) in [5.74, 6) is -18.4. The molecule has 6 heterocycles. The molecule has 0 aliphatic carbocycles. The lowest BCUT2D eigenvalue weighted by Crippen LogP contribution is -2.62. The van der Waals surface area contributed by atoms with Gasteiger partial charge in [-0.15, -0.1) is 11.8 Å². The van der Waals surface area contributed by atoms with Crippen molar-refractivity contribution in [2.75, 3.05) is 64.9 Å². The molecule has 4 saturated heterocycles. The molecular weight excluding hydrogens is 1780 g/mol. The van der Waals surface area contributed by atoms with Crippen molar-refractivity contribution >= 4 is 140 Å². The van der Waals surface area contributed by atoms with E-state index >= 15 is 38.4 Å². The Morgan fingerprint density at radius 1 is 0.522 bits per heavy atom. The summed E-state index contributed by atoms with van der Waals surface area (Å²) in [6.45, 7) is 7.99. The number of piperidine rings is 1. The number of para-hydroxylation sites is 2. The van der Waals surface area contributed by atoms with E-state index in [0.29, 0.717) is 77.0 Å². The number of aromatic hydroxyl groups is 1. The van der Waals surface area contributed by atoms with Crippen molar-refractivity contribution in [2.24, 2.45) is 34.8 Å². The number of unbranched alkanes of at least 4 members (excludes halogenated alkanes) is 2. The second kappa shape index (κ2) is 50.7. The fraction of sp³-hybridized carbons (Fsp3) is 0.570. The highest BCUT2D eigenvalue weighted by molar-refractivity contribution is 8.00. The van der Waals surface area contributed by atoms with Gasteiger partial charge in [-0.2, -0.15) is 0 Å². The minimum absolute atomic E-state index is 0.00548. The molecule has 742 valence electrons. The third-order valence-corrected chi connectivity index (χ3v) is 25.9. The monoisotopic (exact) mass is 1910 g/mol. The number of nitrogens with one attached hydrogen (secondary N) is 11. The van der Waals surface area contributed by atoms with E-state index in [9.17, 15) is 63.3 Å². The summed E-state index contributed by atoms with van der Waals surface area (Å²) in [4.78, 5) is 273. The van der Waals surface area contributed by atoms with Crippen molar-refractivity contribution in [2.45, 2.75) is 261 Å². The third-order valence-electron chi connectivity index (χ3n) is 24.9. The summed E-state index contributed by atoms with van der Waals surface area (Å²) >= 11 is 0.806. The summed E-state index contributed by atoms with van der Waals surface area (Å²) in [6.07, 6.45) is 1.83. The number of aliphatic carboxylic acids is 1. The highest BCUT2D eigenvalue weighted by Gasteiger charge is 2.47. The van der Waals surface area contributed by atoms with Gasteiger partial charge in [0.15, 0.2) is 0 Å². The largest absolute Gasteiger partial charge is 0.508 e. The van der Waals surface area contributed by atoms with Gasteiger partial charge in [0.25, 0.3) is 0 Å². The Bertz CT molecular complexity index is 5130. The molecule has 17 amide bonds. The predicted molar refractivity (Wildman–Crippen MR) is 502 cm³/mol. The molecular formula is C93H133N21O21S. The van der Waals surface area contributed by atoms with Crippen LogP contribution in [-0.2, 0) is 112 Å². The predicted octanol–water partition coefficient (Wildman–Crippen LogP) is -1.70. The number of thioether (sulfide) groups is 1. The van der Waals surface area contributed by atoms with Gasteiger partial charge < -0.3 is 125 Å². The van der Waals surface area contributed by atoms with Crippen molar-refractivity contribution in [1.82, 2.24) is 87.2 Å². The molecule has 0 unspecified atom stereocenters. The van der Waals surface area contributed by atoms with E-state index < -0.39 is 241 Å². The van der Waals surface area contributed by atoms with Crippen LogP contribution in [0, 0.1) is 11.8 Å². The number of aromatic nitrogens is 2. The average molecular weight is 1910 g/mol. The molecule has 0 spiro atoms. The second-order valence-corrected chi connectivity index (χ2v) is 37.3. The number of carbonyl (C=O) groups excluding carboxylic acids is 17. The Kier molecular flexibility index (Phi) is 39.9. The van der Waals surface area contributed by atoms with Gasteiger partial charge >= 0.3 is 5.97 Å². The Morgan fingerprint density at radius 2 is 1.05 bits per heavy atom. The molecule has 136 heavy (non-hydrogen) atoms. The number of amides is 17. The number of phenols is 1. The van der Waals surface area contributed by atoms with Gasteiger partial charge in [-0.1, -0.05) is 116 Å². The first-order valence-corrected chi connectivity index (χ1v) is 47.7. The number of primary amides is 2. The lowest BCUT2D eigenvalue weighted by Gasteiger charge is -2.38. The van der Waals surface area contributed by atoms with Gasteiger partial charge in [0.05, 0.1) is 24.8 Å². The number of hydrogen-bond acceptors (Lipinski definition) is 23. The molecule has 3 aromatic carbocycles. The minimum Gasteiger partial charge on any atom is -0.508 e. The van der Waals surface area contributed by atoms with Crippen LogP contribution in [0.2, 0.25) is 0 Å². The molecule has 0 radical (unpaired) electrons. The zero-order valence-electron chi connectivity index (χ0n) is 78.3. The number of likely N-dealkylation sites (N-methyl/N-ethyl adjacent to an activating group) is 2. The van der Waals surface area contributed by atoms with Gasteiger partial charge in [0, 0.05) is 106 Å². The van der Waals surface area contributed by atoms with E-state index in [2.05, 4.69) is 58.2 Å². The number of hydrogen-bond donors (Lipinski definition) is 18. The molecule has 22 N–H and O–H groups in total. The molecule has 43 heteroatoms. The van der Waals surface area contributed by atoms with Gasteiger partial charge in [-0.05, 0) is 124 Å². The summed E-state index contributed by atoms with van der Waals surface area (Å²) in [5, 5.41) is 59.8. The highest BCUT2D eigenvalue weighted by atomic mass is 32.2. The molecule has 4 aliphatic heterocycles. The Labute approximate surface area is 792 Å². The van der Waals surface area contributed by atoms with E-state index in [1.54, 1.807) is 82.4 Å². The number of aliphatic hydroxyl groups is 1. The van der Waals surface area contributed by atoms with Crippen molar-refractivity contribution < 1.29 is 102 Å². The van der Waals surface area contributed by atoms with Gasteiger partial charge in [-0.25, -0.2) is 0 Å². The number of nitrogens with two attached hydrogens (primary N) is 4. The van der Waals surface area contributed by atoms with Gasteiger partial charge in [0.1, 0.15) is 96.9 Å². The van der Waals surface area contributed by atoms with Crippen LogP contribution in [0.4, 0.5) is 0 Å². The lowest BCUT2D eigenvalue weighted by atomic mass is 9.97. The topological polar surface area (TPSA) is 629 Å². The van der Waals surface area contributed by atoms with E-state index in [1.807, 2.05) is 13.8 Å². The number of aliphatic hydroxyl groups excluding tert-OH is 1. The van der Waals surface area contributed by atoms with Crippen LogP contribution < -0.4 is 76.1 Å². The maximum atomic E-state index is 16.0. The van der Waals surface area contributed by atoms with Crippen LogP contribution in [0.15, 0.2) is 85.2 Å². The first-order valence-electron chi connectivity index (χ1n) is 46.5. The Balaban J connectivity index is 1.11. The Morgan fingerprint density at radius 3 is 1.69 bits per heavy atom. The number of nitrogens with zero attached hydrogens (tertiary/aromatic N) is 6. The fourth-order valence-electron chi connectivity index (χ4n) is 17.8. The van der Waals surface area contributed by atoms with Crippen molar-refractivity contribution in [3.63, 3.8) is 0 Å². The smallest absolute Gasteiger partial charge is 0.323 e. The van der Waals surface area contributed by atoms with E-state index in [0.717, 1.165) is 26.5 Å². The first-order chi connectivity index (χ1) is 64.7. The summed E-state index contributed by atoms with van der Waals surface area (Å²) in [6, 6.07) is -1.74. The van der Waals surface area contributed by atoms with Gasteiger partial charge in [0.2, 0.25) is 100 Å². The normalized spacial score (nSPS) is 25.2. The number of H-pyrrole nitrogens is 1. The number of rotatable bonds is 26. The zero-order valence-corrected chi connectivity index (χ0v) is 79.1. The van der Waals surface area contributed by atoms with E-state index in [-0.39, 0.29) is 114 Å². The molecule has 42 nitrogen and oxygen atoms in total. The Hall–Kier alpha value is -12.8. The average Bonchev–Trinajstić information content (AvgIpc) is 1.58. The third kappa shape index (κ3) is 29.1. The maximum Gasteiger partial charge on any atom is 0.323 e. The number of carbonyl (C=O) groups is 18. The van der Waals surface area contributed by atoms with Crippen LogP contribution in [0.5, 0.6) is 5.75 Å². The molecule has 9 rings (SSSR count). The number of fused-ring (bicyclic) bond motifs is 5. The van der Waals surface area contributed by atoms with Crippen molar-refractivity contribution in [1.29, 1.82) is 0 Å². The van der Waals surface area contributed by atoms with E-state index in [4.69, 9.17) is 22.9 Å². The molecule has 15 atom stereocenters. The SMILES string of the molecule is CCCC[C@@H]1C(=O)N(C)[C@@H](CCCC)C(=O)N[C@@H](CC(C)C)C(=O)N[C@H](C(=O)NCC(N)=O)CSCC(=O)N[C@@H](Cc2ccc(O)cc2)C(=O)N2CCCC[C@H]2C(=O)N[C@@H](CC(N)=O)C(=O)N2CCC[C@H]2C(=O)N[C@@H](CN)C(=O)N[C@@H](CC(C)C)C(=O)N2C[C@H](O)C[C@H]2C(=O)N[C@@H](Cc2c[nH]c3ccccc23)C(=O)N[C@@H](CCN)C(=O)N[C@@H](Cc2cn(CC(=O)O)c3ccccc23)C(=O)N1C. The molecule has 4 aliphatic rings. The number of benzene rings is 3. The lowest BCUT2D eigenvalue weighted by molar-refractivity contribution is -0.149. The molecule has 0 saturated carbocycles. The second-order valence-electron chi connectivity index (χ2n) is 36.2. The maximum absolute atomic E-state index is 16.0. The first kappa shape index (κ1) is 107. The van der Waals surface area contributed by atoms with Crippen LogP contribution >= 0.6 is 11.8 Å². The summed E-state index contributed by atoms with van der Waals surface area (Å²) in [5.41, 5.74) is 26.1. The van der Waals surface area contributed by atoms with Crippen LogP contribution in [0.3, 0.4) is 0 Å². The van der Waals surface area contributed by atoms with Crippen LogP contribution in [0.25, 0.3) is 21.8 Å². The van der Waals surface area contributed by atoms with Gasteiger partial charge in [-0.3, -0.25) is 86.3 Å².